The molecule has 100 valence electrons. The molecule has 1 aromatic heterocycles. The van der Waals surface area contributed by atoms with E-state index in [1.165, 1.54) is 12.5 Å². The summed E-state index contributed by atoms with van der Waals surface area (Å²) in [7, 11) is 0. The number of hydrogen-bond acceptors (Lipinski definition) is 3. The molecule has 0 unspecified atom stereocenters. The summed E-state index contributed by atoms with van der Waals surface area (Å²) in [6.07, 6.45) is 6.74. The molecule has 1 saturated carbocycles. The number of carbonyl (C=O) groups excluding carboxylic acids is 1. The fourth-order valence-corrected chi connectivity index (χ4v) is 2.58. The minimum atomic E-state index is -0.658. The molecule has 0 bridgehead atoms. The van der Waals surface area contributed by atoms with E-state index in [4.69, 9.17) is 0 Å². The van der Waals surface area contributed by atoms with Crippen LogP contribution in [0.5, 0.6) is 0 Å². The largest absolute Gasteiger partial charge is 0.389 e. The Hall–Kier alpha value is -1.36. The third-order valence-corrected chi connectivity index (χ3v) is 4.12. The number of aromatic amines is 1. The first kappa shape index (κ1) is 13.1. The van der Waals surface area contributed by atoms with Gasteiger partial charge in [-0.25, -0.2) is 4.98 Å². The van der Waals surface area contributed by atoms with Crippen molar-refractivity contribution in [1.29, 1.82) is 0 Å². The van der Waals surface area contributed by atoms with Crippen LogP contribution in [0.25, 0.3) is 0 Å². The number of carbonyl (C=O) groups is 1. The Balaban J connectivity index is 1.94. The number of rotatable bonds is 4. The number of nitrogens with zero attached hydrogens (tertiary/aromatic N) is 1. The maximum atomic E-state index is 11.8. The molecule has 0 aromatic carbocycles. The lowest BCUT2D eigenvalue weighted by Crippen LogP contribution is -2.49. The van der Waals surface area contributed by atoms with Gasteiger partial charge in [-0.3, -0.25) is 4.79 Å². The van der Waals surface area contributed by atoms with Crippen LogP contribution in [0.4, 0.5) is 0 Å². The van der Waals surface area contributed by atoms with Crippen molar-refractivity contribution in [3.05, 3.63) is 18.2 Å². The van der Waals surface area contributed by atoms with Crippen LogP contribution in [0.15, 0.2) is 12.5 Å². The molecule has 1 heterocycles. The fourth-order valence-electron chi connectivity index (χ4n) is 2.58. The van der Waals surface area contributed by atoms with Crippen LogP contribution >= 0.6 is 0 Å². The van der Waals surface area contributed by atoms with E-state index in [9.17, 15) is 9.90 Å². The SMILES string of the molecule is CC(C)(CNC(=O)c1cnc[nH]1)C1(O)CCCC1. The Labute approximate surface area is 107 Å². The molecule has 5 heteroatoms. The number of aliphatic hydroxyl groups is 1. The van der Waals surface area contributed by atoms with Crippen LogP contribution in [0.3, 0.4) is 0 Å². The molecule has 18 heavy (non-hydrogen) atoms. The molecule has 0 saturated heterocycles. The van der Waals surface area contributed by atoms with Crippen molar-refractivity contribution < 1.29 is 9.90 Å². The minimum Gasteiger partial charge on any atom is -0.389 e. The van der Waals surface area contributed by atoms with Gasteiger partial charge in [0.05, 0.1) is 18.1 Å². The van der Waals surface area contributed by atoms with Gasteiger partial charge in [0.15, 0.2) is 0 Å². The molecule has 1 amide bonds. The summed E-state index contributed by atoms with van der Waals surface area (Å²) < 4.78 is 0. The highest BCUT2D eigenvalue weighted by molar-refractivity contribution is 5.91. The van der Waals surface area contributed by atoms with E-state index in [1.54, 1.807) is 0 Å². The van der Waals surface area contributed by atoms with E-state index in [1.807, 2.05) is 13.8 Å². The normalized spacial score (nSPS) is 18.8. The van der Waals surface area contributed by atoms with E-state index in [0.29, 0.717) is 12.2 Å². The zero-order valence-electron chi connectivity index (χ0n) is 11.0. The molecule has 0 aliphatic heterocycles. The van der Waals surface area contributed by atoms with Crippen LogP contribution in [-0.2, 0) is 0 Å². The van der Waals surface area contributed by atoms with Crippen molar-refractivity contribution in [1.82, 2.24) is 15.3 Å². The van der Waals surface area contributed by atoms with Gasteiger partial charge in [0, 0.05) is 12.0 Å². The lowest BCUT2D eigenvalue weighted by Gasteiger charge is -2.40. The molecule has 2 rings (SSSR count). The van der Waals surface area contributed by atoms with E-state index >= 15 is 0 Å². The smallest absolute Gasteiger partial charge is 0.269 e. The molecular formula is C13H21N3O2. The van der Waals surface area contributed by atoms with Crippen LogP contribution < -0.4 is 5.32 Å². The molecule has 0 spiro atoms. The summed E-state index contributed by atoms with van der Waals surface area (Å²) in [5, 5.41) is 13.4. The first-order chi connectivity index (χ1) is 8.45. The number of amides is 1. The van der Waals surface area contributed by atoms with Crippen molar-refractivity contribution in [2.45, 2.75) is 45.1 Å². The lowest BCUT2D eigenvalue weighted by atomic mass is 9.73. The van der Waals surface area contributed by atoms with Gasteiger partial charge >= 0.3 is 0 Å². The van der Waals surface area contributed by atoms with E-state index in [2.05, 4.69) is 15.3 Å². The molecule has 1 aromatic rings. The Morgan fingerprint density at radius 2 is 2.22 bits per heavy atom. The average molecular weight is 251 g/mol. The quantitative estimate of drug-likeness (QED) is 0.758. The number of imidazole rings is 1. The zero-order chi connectivity index (χ0) is 13.2. The second-order valence-electron chi connectivity index (χ2n) is 5.77. The monoisotopic (exact) mass is 251 g/mol. The molecular weight excluding hydrogens is 230 g/mol. The third-order valence-electron chi connectivity index (χ3n) is 4.12. The molecule has 0 radical (unpaired) electrons. The van der Waals surface area contributed by atoms with E-state index in [-0.39, 0.29) is 11.3 Å². The van der Waals surface area contributed by atoms with E-state index < -0.39 is 5.60 Å². The summed E-state index contributed by atoms with van der Waals surface area (Å²) >= 11 is 0. The maximum Gasteiger partial charge on any atom is 0.269 e. The van der Waals surface area contributed by atoms with Gasteiger partial charge in [-0.05, 0) is 12.8 Å². The van der Waals surface area contributed by atoms with E-state index in [0.717, 1.165) is 25.7 Å². The van der Waals surface area contributed by atoms with Gasteiger partial charge in [-0.1, -0.05) is 26.7 Å². The van der Waals surface area contributed by atoms with Gasteiger partial charge < -0.3 is 15.4 Å². The van der Waals surface area contributed by atoms with Crippen LogP contribution in [0, 0.1) is 5.41 Å². The lowest BCUT2D eigenvalue weighted by molar-refractivity contribution is -0.0590. The summed E-state index contributed by atoms with van der Waals surface area (Å²) in [5.41, 5.74) is -0.530. The highest BCUT2D eigenvalue weighted by Gasteiger charge is 2.45. The first-order valence-electron chi connectivity index (χ1n) is 6.44. The number of hydrogen-bond donors (Lipinski definition) is 3. The second kappa shape index (κ2) is 4.72. The fraction of sp³-hybridized carbons (Fsp3) is 0.692. The van der Waals surface area contributed by atoms with Crippen molar-refractivity contribution in [3.63, 3.8) is 0 Å². The van der Waals surface area contributed by atoms with Crippen molar-refractivity contribution in [2.24, 2.45) is 5.41 Å². The van der Waals surface area contributed by atoms with Crippen LogP contribution in [0.1, 0.15) is 50.0 Å². The number of aromatic nitrogens is 2. The Kier molecular flexibility index (Phi) is 3.43. The Morgan fingerprint density at radius 1 is 1.56 bits per heavy atom. The molecule has 1 aliphatic rings. The summed E-state index contributed by atoms with van der Waals surface area (Å²) in [5.74, 6) is -0.179. The van der Waals surface area contributed by atoms with Crippen LogP contribution in [0.2, 0.25) is 0 Å². The maximum absolute atomic E-state index is 11.8. The zero-order valence-corrected chi connectivity index (χ0v) is 11.0. The van der Waals surface area contributed by atoms with Gasteiger partial charge in [0.1, 0.15) is 5.69 Å². The highest BCUT2D eigenvalue weighted by Crippen LogP contribution is 2.43. The van der Waals surface area contributed by atoms with Gasteiger partial charge in [0.25, 0.3) is 5.91 Å². The molecule has 5 nitrogen and oxygen atoms in total. The molecule has 3 N–H and O–H groups in total. The topological polar surface area (TPSA) is 78.0 Å². The Bertz CT molecular complexity index is 406. The third kappa shape index (κ3) is 2.41. The second-order valence-corrected chi connectivity index (χ2v) is 5.77. The first-order valence-corrected chi connectivity index (χ1v) is 6.44. The van der Waals surface area contributed by atoms with Gasteiger partial charge in [-0.15, -0.1) is 0 Å². The van der Waals surface area contributed by atoms with Gasteiger partial charge in [-0.2, -0.15) is 0 Å². The Morgan fingerprint density at radius 3 is 2.78 bits per heavy atom. The summed E-state index contributed by atoms with van der Waals surface area (Å²) in [4.78, 5) is 18.4. The van der Waals surface area contributed by atoms with Crippen molar-refractivity contribution >= 4 is 5.91 Å². The predicted octanol–water partition coefficient (Wildman–Crippen LogP) is 1.47. The van der Waals surface area contributed by atoms with Crippen molar-refractivity contribution in [2.75, 3.05) is 6.54 Å². The van der Waals surface area contributed by atoms with Gasteiger partial charge in [0.2, 0.25) is 0 Å². The van der Waals surface area contributed by atoms with Crippen LogP contribution in [-0.4, -0.2) is 33.1 Å². The summed E-state index contributed by atoms with van der Waals surface area (Å²) in [6.45, 7) is 4.47. The van der Waals surface area contributed by atoms with Crippen molar-refractivity contribution in [3.8, 4) is 0 Å². The number of nitrogens with one attached hydrogen (secondary N) is 2. The number of H-pyrrole nitrogens is 1. The molecule has 1 fully saturated rings. The minimum absolute atomic E-state index is 0.179. The standard InChI is InChI=1S/C13H21N3O2/c1-12(2,13(18)5-3-4-6-13)8-15-11(17)10-7-14-9-16-10/h7,9,18H,3-6,8H2,1-2H3,(H,14,16)(H,15,17). The predicted molar refractivity (Wildman–Crippen MR) is 68.1 cm³/mol. The molecule has 1 aliphatic carbocycles. The summed E-state index contributed by atoms with van der Waals surface area (Å²) in [6, 6.07) is 0. The highest BCUT2D eigenvalue weighted by atomic mass is 16.3. The molecule has 0 atom stereocenters. The average Bonchev–Trinajstić information content (AvgIpc) is 2.97.